The van der Waals surface area contributed by atoms with E-state index in [4.69, 9.17) is 0 Å². The Hall–Kier alpha value is -1.42. The molecule has 0 aliphatic rings. The van der Waals surface area contributed by atoms with Crippen LogP contribution in [-0.2, 0) is 6.54 Å². The van der Waals surface area contributed by atoms with Crippen LogP contribution in [-0.4, -0.2) is 28.1 Å². The summed E-state index contributed by atoms with van der Waals surface area (Å²) in [6.07, 6.45) is 5.00. The van der Waals surface area contributed by atoms with Crippen LogP contribution in [0.3, 0.4) is 0 Å². The smallest absolute Gasteiger partial charge is 0.113 e. The van der Waals surface area contributed by atoms with Crippen LogP contribution in [0.1, 0.15) is 39.5 Å². The Bertz CT molecular complexity index is 504. The molecule has 2 rings (SSSR count). The van der Waals surface area contributed by atoms with E-state index >= 15 is 0 Å². The molecule has 0 bridgehead atoms. The van der Waals surface area contributed by atoms with Crippen molar-refractivity contribution in [1.29, 1.82) is 0 Å². The van der Waals surface area contributed by atoms with Gasteiger partial charge >= 0.3 is 0 Å². The van der Waals surface area contributed by atoms with E-state index in [1.807, 2.05) is 22.9 Å². The molecule has 0 aliphatic heterocycles. The maximum atomic E-state index is 4.22. The minimum absolute atomic E-state index is 0.746. The van der Waals surface area contributed by atoms with E-state index < -0.39 is 0 Å². The van der Waals surface area contributed by atoms with Crippen LogP contribution in [0.15, 0.2) is 24.3 Å². The lowest BCUT2D eigenvalue weighted by molar-refractivity contribution is 0.505. The van der Waals surface area contributed by atoms with Crippen LogP contribution < -0.4 is 5.32 Å². The summed E-state index contributed by atoms with van der Waals surface area (Å²) in [6.45, 7) is 7.74. The van der Waals surface area contributed by atoms with Gasteiger partial charge in [-0.3, -0.25) is 0 Å². The maximum absolute atomic E-state index is 4.22. The van der Waals surface area contributed by atoms with Gasteiger partial charge in [0.25, 0.3) is 0 Å². The first kappa shape index (κ1) is 15.0. The SMILES string of the molecule is CC(C)CNCCCCCCn1nnc2ccccc21. The number of para-hydroxylation sites is 1. The summed E-state index contributed by atoms with van der Waals surface area (Å²) < 4.78 is 2.02. The Labute approximate surface area is 121 Å². The van der Waals surface area contributed by atoms with Gasteiger partial charge in [-0.1, -0.05) is 44.0 Å². The van der Waals surface area contributed by atoms with E-state index in [-0.39, 0.29) is 0 Å². The van der Waals surface area contributed by atoms with E-state index in [0.29, 0.717) is 0 Å². The third-order valence-electron chi connectivity index (χ3n) is 3.45. The highest BCUT2D eigenvalue weighted by Crippen LogP contribution is 2.11. The highest BCUT2D eigenvalue weighted by Gasteiger charge is 2.02. The van der Waals surface area contributed by atoms with Gasteiger partial charge < -0.3 is 5.32 Å². The number of aromatic nitrogens is 3. The van der Waals surface area contributed by atoms with Crippen molar-refractivity contribution in [3.8, 4) is 0 Å². The Balaban J connectivity index is 1.59. The highest BCUT2D eigenvalue weighted by molar-refractivity contribution is 5.73. The lowest BCUT2D eigenvalue weighted by Gasteiger charge is -2.07. The molecule has 110 valence electrons. The first-order chi connectivity index (χ1) is 9.77. The molecule has 20 heavy (non-hydrogen) atoms. The predicted octanol–water partition coefficient (Wildman–Crippen LogP) is 3.24. The van der Waals surface area contributed by atoms with Crippen molar-refractivity contribution in [2.24, 2.45) is 5.92 Å². The molecular weight excluding hydrogens is 248 g/mol. The van der Waals surface area contributed by atoms with Crippen molar-refractivity contribution in [2.75, 3.05) is 13.1 Å². The van der Waals surface area contributed by atoms with Gasteiger partial charge in [0.1, 0.15) is 5.52 Å². The average molecular weight is 274 g/mol. The van der Waals surface area contributed by atoms with Gasteiger partial charge in [0.05, 0.1) is 5.52 Å². The van der Waals surface area contributed by atoms with Crippen molar-refractivity contribution in [3.05, 3.63) is 24.3 Å². The molecule has 1 aromatic carbocycles. The first-order valence-corrected chi connectivity index (χ1v) is 7.76. The number of benzene rings is 1. The lowest BCUT2D eigenvalue weighted by atomic mass is 10.2. The summed E-state index contributed by atoms with van der Waals surface area (Å²) in [5.41, 5.74) is 2.14. The van der Waals surface area contributed by atoms with Crippen LogP contribution in [0.4, 0.5) is 0 Å². The van der Waals surface area contributed by atoms with Crippen molar-refractivity contribution < 1.29 is 0 Å². The second-order valence-corrected chi connectivity index (χ2v) is 5.81. The maximum Gasteiger partial charge on any atom is 0.113 e. The van der Waals surface area contributed by atoms with E-state index in [2.05, 4.69) is 35.5 Å². The molecule has 0 amide bonds. The summed E-state index contributed by atoms with van der Waals surface area (Å²) in [5.74, 6) is 0.746. The average Bonchev–Trinajstić information content (AvgIpc) is 2.85. The van der Waals surface area contributed by atoms with E-state index in [0.717, 1.165) is 36.6 Å². The zero-order chi connectivity index (χ0) is 14.2. The third kappa shape index (κ3) is 4.60. The van der Waals surface area contributed by atoms with Gasteiger partial charge in [0, 0.05) is 6.54 Å². The number of aryl methyl sites for hydroxylation is 1. The molecule has 0 unspecified atom stereocenters. The van der Waals surface area contributed by atoms with Gasteiger partial charge in [-0.05, 0) is 44.0 Å². The predicted molar refractivity (Wildman–Crippen MR) is 83.7 cm³/mol. The number of hydrogen-bond acceptors (Lipinski definition) is 3. The fourth-order valence-electron chi connectivity index (χ4n) is 2.34. The highest BCUT2D eigenvalue weighted by atomic mass is 15.4. The standard InChI is InChI=1S/C16H26N4/c1-14(2)13-17-11-7-3-4-8-12-20-16-10-6-5-9-15(16)18-19-20/h5-6,9-10,14,17H,3-4,7-8,11-13H2,1-2H3. The second kappa shape index (κ2) is 8.00. The van der Waals surface area contributed by atoms with Gasteiger partial charge in [0.15, 0.2) is 0 Å². The molecule has 4 heteroatoms. The first-order valence-electron chi connectivity index (χ1n) is 7.76. The molecule has 0 saturated carbocycles. The Morgan fingerprint density at radius 3 is 2.75 bits per heavy atom. The number of rotatable bonds is 9. The van der Waals surface area contributed by atoms with E-state index in [9.17, 15) is 0 Å². The van der Waals surface area contributed by atoms with Gasteiger partial charge in [-0.25, -0.2) is 4.68 Å². The summed E-state index contributed by atoms with van der Waals surface area (Å²) in [5, 5.41) is 11.9. The molecular formula is C16H26N4. The molecule has 1 N–H and O–H groups in total. The summed E-state index contributed by atoms with van der Waals surface area (Å²) in [7, 11) is 0. The lowest BCUT2D eigenvalue weighted by Crippen LogP contribution is -2.20. The number of unbranched alkanes of at least 4 members (excludes halogenated alkanes) is 3. The van der Waals surface area contributed by atoms with Crippen molar-refractivity contribution in [3.63, 3.8) is 0 Å². The molecule has 0 saturated heterocycles. The molecule has 0 atom stereocenters. The van der Waals surface area contributed by atoms with E-state index in [1.165, 1.54) is 25.7 Å². The Kier molecular flexibility index (Phi) is 5.99. The van der Waals surface area contributed by atoms with Crippen LogP contribution in [0, 0.1) is 5.92 Å². The molecule has 2 aromatic rings. The topological polar surface area (TPSA) is 42.7 Å². The van der Waals surface area contributed by atoms with Gasteiger partial charge in [-0.2, -0.15) is 0 Å². The van der Waals surface area contributed by atoms with Crippen LogP contribution in [0.25, 0.3) is 11.0 Å². The van der Waals surface area contributed by atoms with Crippen LogP contribution in [0.5, 0.6) is 0 Å². The van der Waals surface area contributed by atoms with Crippen molar-refractivity contribution in [2.45, 2.75) is 46.1 Å². The quantitative estimate of drug-likeness (QED) is 0.714. The van der Waals surface area contributed by atoms with Crippen LogP contribution in [0.2, 0.25) is 0 Å². The minimum atomic E-state index is 0.746. The number of nitrogens with one attached hydrogen (secondary N) is 1. The number of fused-ring (bicyclic) bond motifs is 1. The fourth-order valence-corrected chi connectivity index (χ4v) is 2.34. The molecule has 1 aromatic heterocycles. The Morgan fingerprint density at radius 1 is 1.10 bits per heavy atom. The monoisotopic (exact) mass is 274 g/mol. The zero-order valence-corrected chi connectivity index (χ0v) is 12.7. The zero-order valence-electron chi connectivity index (χ0n) is 12.7. The molecule has 1 heterocycles. The second-order valence-electron chi connectivity index (χ2n) is 5.81. The molecule has 4 nitrogen and oxygen atoms in total. The van der Waals surface area contributed by atoms with Crippen molar-refractivity contribution >= 4 is 11.0 Å². The normalized spacial score (nSPS) is 11.6. The number of hydrogen-bond donors (Lipinski definition) is 1. The van der Waals surface area contributed by atoms with Gasteiger partial charge in [-0.15, -0.1) is 5.10 Å². The number of nitrogens with zero attached hydrogens (tertiary/aromatic N) is 3. The molecule has 0 radical (unpaired) electrons. The molecule has 0 aliphatic carbocycles. The van der Waals surface area contributed by atoms with Crippen LogP contribution >= 0.6 is 0 Å². The van der Waals surface area contributed by atoms with Crippen molar-refractivity contribution in [1.82, 2.24) is 20.3 Å². The molecule has 0 spiro atoms. The summed E-state index contributed by atoms with van der Waals surface area (Å²) in [4.78, 5) is 0. The minimum Gasteiger partial charge on any atom is -0.316 e. The largest absolute Gasteiger partial charge is 0.316 e. The summed E-state index contributed by atoms with van der Waals surface area (Å²) in [6, 6.07) is 8.15. The fraction of sp³-hybridized carbons (Fsp3) is 0.625. The summed E-state index contributed by atoms with van der Waals surface area (Å²) >= 11 is 0. The third-order valence-corrected chi connectivity index (χ3v) is 3.45. The molecule has 0 fully saturated rings. The Morgan fingerprint density at radius 2 is 1.90 bits per heavy atom. The van der Waals surface area contributed by atoms with E-state index in [1.54, 1.807) is 0 Å². The van der Waals surface area contributed by atoms with Gasteiger partial charge in [0.2, 0.25) is 0 Å².